The first-order valence-corrected chi connectivity index (χ1v) is 9.26. The molecule has 21 heavy (non-hydrogen) atoms. The maximum Gasteiger partial charge on any atom is 0.0783 e. The van der Waals surface area contributed by atoms with Crippen molar-refractivity contribution in [3.05, 3.63) is 29.6 Å². The first-order valence-electron chi connectivity index (χ1n) is 8.11. The lowest BCUT2D eigenvalue weighted by atomic mass is 9.79. The molecule has 4 heteroatoms. The monoisotopic (exact) mass is 306 g/mol. The van der Waals surface area contributed by atoms with E-state index in [0.717, 1.165) is 19.6 Å². The third-order valence-corrected chi connectivity index (χ3v) is 6.06. The van der Waals surface area contributed by atoms with Gasteiger partial charge in [-0.15, -0.1) is 0 Å². The summed E-state index contributed by atoms with van der Waals surface area (Å²) in [7, 11) is 0. The third kappa shape index (κ3) is 3.27. The van der Waals surface area contributed by atoms with Crippen LogP contribution in [0.4, 0.5) is 0 Å². The molecular weight excluding hydrogens is 280 g/mol. The zero-order valence-corrected chi connectivity index (χ0v) is 13.9. The Kier molecular flexibility index (Phi) is 4.87. The summed E-state index contributed by atoms with van der Waals surface area (Å²) < 4.78 is 6.18. The van der Waals surface area contributed by atoms with E-state index in [1.165, 1.54) is 35.6 Å². The van der Waals surface area contributed by atoms with E-state index in [-0.39, 0.29) is 5.60 Å². The molecular formula is C17H26N2OS. The van der Waals surface area contributed by atoms with Crippen LogP contribution in [-0.2, 0) is 4.74 Å². The molecule has 1 spiro atoms. The second kappa shape index (κ2) is 6.67. The second-order valence-corrected chi connectivity index (χ2v) is 7.43. The minimum Gasteiger partial charge on any atom is -0.374 e. The van der Waals surface area contributed by atoms with Gasteiger partial charge in [-0.25, -0.2) is 0 Å². The molecule has 2 saturated heterocycles. The first-order chi connectivity index (χ1) is 10.2. The molecule has 0 saturated carbocycles. The van der Waals surface area contributed by atoms with Gasteiger partial charge in [-0.2, -0.15) is 11.8 Å². The minimum absolute atomic E-state index is 0.143. The van der Waals surface area contributed by atoms with E-state index in [1.54, 1.807) is 0 Å². The lowest BCUT2D eigenvalue weighted by molar-refractivity contribution is -0.0856. The highest BCUT2D eigenvalue weighted by Gasteiger charge is 2.43. The maximum absolute atomic E-state index is 6.18. The van der Waals surface area contributed by atoms with Crippen LogP contribution in [0.2, 0.25) is 0 Å². The fourth-order valence-corrected chi connectivity index (χ4v) is 5.12. The number of nitrogens with zero attached hydrogens (tertiary/aromatic N) is 1. The molecule has 0 aliphatic carbocycles. The second-order valence-electron chi connectivity index (χ2n) is 6.33. The van der Waals surface area contributed by atoms with Crippen molar-refractivity contribution in [1.82, 2.24) is 10.3 Å². The number of ether oxygens (including phenoxy) is 1. The molecule has 3 unspecified atom stereocenters. The number of rotatable bonds is 4. The standard InChI is InChI=1S/C17H26N2OS/c1-3-18-16(15-13(2)5-4-8-19-15)14-6-9-20-17(11-14)7-10-21-12-17/h4-5,8,14,16,18H,3,6-7,9-12H2,1-2H3. The van der Waals surface area contributed by atoms with Crippen molar-refractivity contribution < 1.29 is 4.74 Å². The quantitative estimate of drug-likeness (QED) is 0.925. The van der Waals surface area contributed by atoms with Gasteiger partial charge in [-0.1, -0.05) is 13.0 Å². The van der Waals surface area contributed by atoms with Crippen LogP contribution in [0.1, 0.15) is 43.5 Å². The van der Waals surface area contributed by atoms with Gasteiger partial charge >= 0.3 is 0 Å². The van der Waals surface area contributed by atoms with Crippen molar-refractivity contribution in [1.29, 1.82) is 0 Å². The summed E-state index contributed by atoms with van der Waals surface area (Å²) in [5.74, 6) is 3.05. The summed E-state index contributed by atoms with van der Waals surface area (Å²) in [5.41, 5.74) is 2.67. The number of pyridine rings is 1. The van der Waals surface area contributed by atoms with Crippen LogP contribution in [0, 0.1) is 12.8 Å². The number of aryl methyl sites for hydroxylation is 1. The fraction of sp³-hybridized carbons (Fsp3) is 0.706. The molecule has 2 aliphatic heterocycles. The Labute approximate surface area is 132 Å². The van der Waals surface area contributed by atoms with E-state index in [0.29, 0.717) is 12.0 Å². The number of thioether (sulfide) groups is 1. The molecule has 0 aromatic carbocycles. The number of aromatic nitrogens is 1. The molecule has 2 aliphatic rings. The Morgan fingerprint density at radius 2 is 2.48 bits per heavy atom. The minimum atomic E-state index is 0.143. The molecule has 1 N–H and O–H groups in total. The molecule has 3 atom stereocenters. The lowest BCUT2D eigenvalue weighted by Gasteiger charge is -2.41. The summed E-state index contributed by atoms with van der Waals surface area (Å²) >= 11 is 2.04. The van der Waals surface area contributed by atoms with Gasteiger partial charge < -0.3 is 10.1 Å². The third-order valence-electron chi connectivity index (χ3n) is 4.84. The van der Waals surface area contributed by atoms with Crippen LogP contribution in [0.15, 0.2) is 18.3 Å². The largest absolute Gasteiger partial charge is 0.374 e. The van der Waals surface area contributed by atoms with Gasteiger partial charge in [0.1, 0.15) is 0 Å². The highest BCUT2D eigenvalue weighted by atomic mass is 32.2. The Morgan fingerprint density at radius 1 is 1.57 bits per heavy atom. The van der Waals surface area contributed by atoms with E-state index in [9.17, 15) is 0 Å². The smallest absolute Gasteiger partial charge is 0.0783 e. The van der Waals surface area contributed by atoms with Gasteiger partial charge in [0.05, 0.1) is 17.3 Å². The molecule has 3 rings (SSSR count). The van der Waals surface area contributed by atoms with Gasteiger partial charge in [0.2, 0.25) is 0 Å². The highest BCUT2D eigenvalue weighted by molar-refractivity contribution is 7.99. The van der Waals surface area contributed by atoms with E-state index in [4.69, 9.17) is 4.74 Å². The molecule has 3 nitrogen and oxygen atoms in total. The molecule has 1 aromatic rings. The molecule has 116 valence electrons. The van der Waals surface area contributed by atoms with E-state index >= 15 is 0 Å². The summed E-state index contributed by atoms with van der Waals surface area (Å²) in [4.78, 5) is 4.68. The van der Waals surface area contributed by atoms with Crippen molar-refractivity contribution in [2.75, 3.05) is 24.7 Å². The zero-order valence-electron chi connectivity index (χ0n) is 13.1. The normalized spacial score (nSPS) is 30.7. The zero-order chi connectivity index (χ0) is 14.7. The average molecular weight is 306 g/mol. The van der Waals surface area contributed by atoms with Crippen molar-refractivity contribution in [3.8, 4) is 0 Å². The molecule has 1 aromatic heterocycles. The predicted octanol–water partition coefficient (Wildman–Crippen LogP) is 3.34. The van der Waals surface area contributed by atoms with Crippen LogP contribution in [-0.4, -0.2) is 35.2 Å². The van der Waals surface area contributed by atoms with Crippen LogP contribution < -0.4 is 5.32 Å². The van der Waals surface area contributed by atoms with Crippen LogP contribution in [0.25, 0.3) is 0 Å². The lowest BCUT2D eigenvalue weighted by Crippen LogP contribution is -2.44. The Hall–Kier alpha value is -0.580. The molecule has 0 radical (unpaired) electrons. The summed E-state index contributed by atoms with van der Waals surface area (Å²) in [6.07, 6.45) is 5.45. The SMILES string of the molecule is CCNC(c1ncccc1C)C1CCOC2(CCSC2)C1. The summed E-state index contributed by atoms with van der Waals surface area (Å²) in [5, 5.41) is 3.69. The molecule has 3 heterocycles. The van der Waals surface area contributed by atoms with Gasteiger partial charge in [-0.3, -0.25) is 4.98 Å². The number of hydrogen-bond acceptors (Lipinski definition) is 4. The van der Waals surface area contributed by atoms with E-state index in [1.807, 2.05) is 24.0 Å². The maximum atomic E-state index is 6.18. The fourth-order valence-electron chi connectivity index (χ4n) is 3.74. The number of hydrogen-bond donors (Lipinski definition) is 1. The first kappa shape index (κ1) is 15.3. The van der Waals surface area contributed by atoms with Gasteiger partial charge in [0, 0.05) is 18.6 Å². The van der Waals surface area contributed by atoms with Gasteiger partial charge in [-0.05, 0) is 56.0 Å². The van der Waals surface area contributed by atoms with Crippen LogP contribution >= 0.6 is 11.8 Å². The van der Waals surface area contributed by atoms with E-state index < -0.39 is 0 Å². The van der Waals surface area contributed by atoms with Crippen molar-refractivity contribution >= 4 is 11.8 Å². The van der Waals surface area contributed by atoms with Gasteiger partial charge in [0.15, 0.2) is 0 Å². The van der Waals surface area contributed by atoms with Crippen LogP contribution in [0.5, 0.6) is 0 Å². The Morgan fingerprint density at radius 3 is 3.19 bits per heavy atom. The molecule has 0 bridgehead atoms. The average Bonchev–Trinajstić information content (AvgIpc) is 2.93. The Bertz CT molecular complexity index is 474. The van der Waals surface area contributed by atoms with Crippen LogP contribution in [0.3, 0.4) is 0 Å². The summed E-state index contributed by atoms with van der Waals surface area (Å²) in [6, 6.07) is 4.57. The van der Waals surface area contributed by atoms with Crippen molar-refractivity contribution in [2.45, 2.75) is 44.8 Å². The highest BCUT2D eigenvalue weighted by Crippen LogP contribution is 2.44. The Balaban J connectivity index is 1.82. The molecule has 2 fully saturated rings. The number of nitrogens with one attached hydrogen (secondary N) is 1. The van der Waals surface area contributed by atoms with Crippen molar-refractivity contribution in [2.24, 2.45) is 5.92 Å². The predicted molar refractivity (Wildman–Crippen MR) is 88.7 cm³/mol. The topological polar surface area (TPSA) is 34.2 Å². The van der Waals surface area contributed by atoms with E-state index in [2.05, 4.69) is 30.2 Å². The molecule has 0 amide bonds. The summed E-state index contributed by atoms with van der Waals surface area (Å²) in [6.45, 7) is 6.25. The van der Waals surface area contributed by atoms with Crippen molar-refractivity contribution in [3.63, 3.8) is 0 Å². The van der Waals surface area contributed by atoms with Gasteiger partial charge in [0.25, 0.3) is 0 Å².